The normalized spacial score (nSPS) is 34.8. The van der Waals surface area contributed by atoms with Gasteiger partial charge in [0.1, 0.15) is 12.2 Å². The maximum absolute atomic E-state index is 12.4. The minimum absolute atomic E-state index is 0.00900. The highest BCUT2D eigenvalue weighted by atomic mass is 28.4. The molecule has 0 radical (unpaired) electrons. The molecule has 1 N–H and O–H groups in total. The third-order valence-corrected chi connectivity index (χ3v) is 9.72. The molecule has 1 saturated carbocycles. The number of carbonyl (C=O) groups is 1. The summed E-state index contributed by atoms with van der Waals surface area (Å²) in [5.41, 5.74) is 0.956. The Labute approximate surface area is 135 Å². The maximum atomic E-state index is 12.4. The van der Waals surface area contributed by atoms with Gasteiger partial charge in [-0.05, 0) is 44.5 Å². The predicted molar refractivity (Wildman–Crippen MR) is 89.3 cm³/mol. The average Bonchev–Trinajstić information content (AvgIpc) is 3.10. The number of ether oxygens (including phenoxy) is 1. The van der Waals surface area contributed by atoms with Gasteiger partial charge < -0.3 is 14.3 Å². The molecule has 0 aromatic heterocycles. The van der Waals surface area contributed by atoms with Crippen LogP contribution < -0.4 is 0 Å². The number of aliphatic hydroxyl groups excluding tert-OH is 1. The highest BCUT2D eigenvalue weighted by Gasteiger charge is 2.59. The number of aliphatic hydroxyl groups is 1. The standard InChI is InChI=1S/C17H30O4Si/c1-10(2)8-12(18)11-9-13(15-16(20-15)14(11)19)21-22(6,7)17(3,4)5/h8,11,13-16,19H,9H2,1-7H3/t11-,13+,14-,15-,16+/m1/s1. The SMILES string of the molecule is CC(C)=CC(=O)[C@H]1C[C@H](O[Si](C)(C)C(C)(C)C)[C@H]2O[C@H]2[C@@H]1O. The molecule has 0 spiro atoms. The van der Waals surface area contributed by atoms with Gasteiger partial charge in [-0.2, -0.15) is 0 Å². The van der Waals surface area contributed by atoms with Gasteiger partial charge in [-0.15, -0.1) is 0 Å². The van der Waals surface area contributed by atoms with Gasteiger partial charge in [0.15, 0.2) is 14.1 Å². The highest BCUT2D eigenvalue weighted by molar-refractivity contribution is 6.74. The van der Waals surface area contributed by atoms with Crippen LogP contribution in [0.3, 0.4) is 0 Å². The van der Waals surface area contributed by atoms with Gasteiger partial charge in [0, 0.05) is 0 Å². The third kappa shape index (κ3) is 3.53. The van der Waals surface area contributed by atoms with Crippen LogP contribution in [0.5, 0.6) is 0 Å². The fraction of sp³-hybridized carbons (Fsp3) is 0.824. The lowest BCUT2D eigenvalue weighted by Gasteiger charge is -2.41. The Morgan fingerprint density at radius 3 is 2.36 bits per heavy atom. The summed E-state index contributed by atoms with van der Waals surface area (Å²) in [5, 5.41) is 10.4. The molecule has 126 valence electrons. The van der Waals surface area contributed by atoms with E-state index in [0.717, 1.165) is 5.57 Å². The summed E-state index contributed by atoms with van der Waals surface area (Å²) >= 11 is 0. The minimum atomic E-state index is -1.91. The summed E-state index contributed by atoms with van der Waals surface area (Å²) < 4.78 is 12.1. The molecule has 2 fully saturated rings. The van der Waals surface area contributed by atoms with Gasteiger partial charge in [-0.1, -0.05) is 26.3 Å². The lowest BCUT2D eigenvalue weighted by molar-refractivity contribution is -0.124. The van der Waals surface area contributed by atoms with Crippen LogP contribution in [0.4, 0.5) is 0 Å². The van der Waals surface area contributed by atoms with Crippen molar-refractivity contribution in [1.29, 1.82) is 0 Å². The Morgan fingerprint density at radius 2 is 1.86 bits per heavy atom. The largest absolute Gasteiger partial charge is 0.411 e. The molecule has 0 unspecified atom stereocenters. The predicted octanol–water partition coefficient (Wildman–Crippen LogP) is 3.06. The molecular formula is C17H30O4Si. The summed E-state index contributed by atoms with van der Waals surface area (Å²) in [6, 6.07) is 0. The third-order valence-electron chi connectivity index (χ3n) is 5.21. The van der Waals surface area contributed by atoms with Crippen molar-refractivity contribution in [3.8, 4) is 0 Å². The highest BCUT2D eigenvalue weighted by Crippen LogP contribution is 2.46. The Bertz CT molecular complexity index is 474. The van der Waals surface area contributed by atoms with E-state index in [9.17, 15) is 9.90 Å². The van der Waals surface area contributed by atoms with Crippen molar-refractivity contribution in [3.05, 3.63) is 11.6 Å². The second kappa shape index (κ2) is 5.85. The molecule has 2 rings (SSSR count). The van der Waals surface area contributed by atoms with Gasteiger partial charge in [0.05, 0.1) is 18.1 Å². The first-order chi connectivity index (χ1) is 9.94. The summed E-state index contributed by atoms with van der Waals surface area (Å²) in [4.78, 5) is 12.4. The number of carbonyl (C=O) groups excluding carboxylic acids is 1. The molecule has 1 aliphatic heterocycles. The molecular weight excluding hydrogens is 296 g/mol. The molecule has 0 aromatic carbocycles. The molecule has 0 amide bonds. The summed E-state index contributed by atoms with van der Waals surface area (Å²) in [6.45, 7) is 14.8. The zero-order valence-corrected chi connectivity index (χ0v) is 15.8. The molecule has 0 aromatic rings. The summed E-state index contributed by atoms with van der Waals surface area (Å²) in [7, 11) is -1.91. The first-order valence-electron chi connectivity index (χ1n) is 8.14. The molecule has 5 atom stereocenters. The van der Waals surface area contributed by atoms with Crippen LogP contribution in [0.25, 0.3) is 0 Å². The van der Waals surface area contributed by atoms with Gasteiger partial charge in [0.2, 0.25) is 0 Å². The van der Waals surface area contributed by atoms with Crippen LogP contribution in [0.2, 0.25) is 18.1 Å². The van der Waals surface area contributed by atoms with E-state index >= 15 is 0 Å². The van der Waals surface area contributed by atoms with Crippen molar-refractivity contribution >= 4 is 14.1 Å². The molecule has 1 heterocycles. The number of epoxide rings is 1. The molecule has 5 heteroatoms. The molecule has 22 heavy (non-hydrogen) atoms. The van der Waals surface area contributed by atoms with E-state index in [1.165, 1.54) is 0 Å². The van der Waals surface area contributed by atoms with Gasteiger partial charge in [-0.25, -0.2) is 0 Å². The fourth-order valence-electron chi connectivity index (χ4n) is 2.81. The van der Waals surface area contributed by atoms with E-state index in [1.54, 1.807) is 6.08 Å². The van der Waals surface area contributed by atoms with E-state index in [2.05, 4.69) is 33.9 Å². The molecule has 4 nitrogen and oxygen atoms in total. The zero-order valence-electron chi connectivity index (χ0n) is 14.8. The molecule has 1 aliphatic carbocycles. The van der Waals surface area contributed by atoms with Crippen molar-refractivity contribution in [2.45, 2.75) is 83.6 Å². The smallest absolute Gasteiger partial charge is 0.192 e. The number of fused-ring (bicyclic) bond motifs is 1. The Hall–Kier alpha value is -0.493. The fourth-order valence-corrected chi connectivity index (χ4v) is 4.15. The molecule has 0 bridgehead atoms. The van der Waals surface area contributed by atoms with E-state index < -0.39 is 20.3 Å². The number of rotatable bonds is 4. The van der Waals surface area contributed by atoms with E-state index in [4.69, 9.17) is 9.16 Å². The van der Waals surface area contributed by atoms with Crippen molar-refractivity contribution in [1.82, 2.24) is 0 Å². The molecule has 2 aliphatic rings. The number of ketones is 1. The summed E-state index contributed by atoms with van der Waals surface area (Å²) in [6.07, 6.45) is 1.13. The van der Waals surface area contributed by atoms with Crippen LogP contribution in [0, 0.1) is 5.92 Å². The average molecular weight is 327 g/mol. The van der Waals surface area contributed by atoms with Crippen molar-refractivity contribution in [3.63, 3.8) is 0 Å². The molecule has 1 saturated heterocycles. The van der Waals surface area contributed by atoms with Gasteiger partial charge in [0.25, 0.3) is 0 Å². The van der Waals surface area contributed by atoms with Crippen LogP contribution in [0.1, 0.15) is 41.0 Å². The van der Waals surface area contributed by atoms with Crippen LogP contribution in [-0.2, 0) is 14.0 Å². The van der Waals surface area contributed by atoms with Gasteiger partial charge >= 0.3 is 0 Å². The van der Waals surface area contributed by atoms with Crippen LogP contribution in [-0.4, -0.2) is 43.6 Å². The Kier molecular flexibility index (Phi) is 4.75. The Morgan fingerprint density at radius 1 is 1.27 bits per heavy atom. The van der Waals surface area contributed by atoms with E-state index in [-0.39, 0.29) is 29.1 Å². The van der Waals surface area contributed by atoms with Crippen LogP contribution >= 0.6 is 0 Å². The topological polar surface area (TPSA) is 59.1 Å². The zero-order chi connectivity index (χ0) is 16.9. The number of allylic oxidation sites excluding steroid dienone is 2. The quantitative estimate of drug-likeness (QED) is 0.490. The van der Waals surface area contributed by atoms with E-state index in [1.807, 2.05) is 13.8 Å². The lowest BCUT2D eigenvalue weighted by atomic mass is 9.81. The first-order valence-corrected chi connectivity index (χ1v) is 11.0. The number of hydrogen-bond donors (Lipinski definition) is 1. The lowest BCUT2D eigenvalue weighted by Crippen LogP contribution is -2.50. The number of hydrogen-bond acceptors (Lipinski definition) is 4. The monoisotopic (exact) mass is 326 g/mol. The van der Waals surface area contributed by atoms with E-state index in [0.29, 0.717) is 6.42 Å². The van der Waals surface area contributed by atoms with Crippen molar-refractivity contribution in [2.75, 3.05) is 0 Å². The second-order valence-electron chi connectivity index (χ2n) is 8.44. The Balaban J connectivity index is 2.12. The maximum Gasteiger partial charge on any atom is 0.192 e. The van der Waals surface area contributed by atoms with Gasteiger partial charge in [-0.3, -0.25) is 4.79 Å². The van der Waals surface area contributed by atoms with Crippen molar-refractivity contribution in [2.24, 2.45) is 5.92 Å². The summed E-state index contributed by atoms with van der Waals surface area (Å²) in [5.74, 6) is -0.418. The van der Waals surface area contributed by atoms with Crippen molar-refractivity contribution < 1.29 is 19.1 Å². The minimum Gasteiger partial charge on any atom is -0.411 e. The first kappa shape index (κ1) is 17.9. The second-order valence-corrected chi connectivity index (χ2v) is 13.2. The van der Waals surface area contributed by atoms with Crippen LogP contribution in [0.15, 0.2) is 11.6 Å².